The Hall–Kier alpha value is -2.40. The third-order valence-electron chi connectivity index (χ3n) is 5.35. The summed E-state index contributed by atoms with van der Waals surface area (Å²) < 4.78 is 5.16. The SMILES string of the molecule is C[C@@H](O)[C@H](NC(=O)OC(C)(C)C)C(=O)N1CCCC12CN([C@H](C(N)=O)[C@@H](C)O)C2=O. The average molecular weight is 428 g/mol. The number of β-lactam (4-membered cyclic amide) rings is 1. The van der Waals surface area contributed by atoms with Gasteiger partial charge in [0.15, 0.2) is 0 Å². The van der Waals surface area contributed by atoms with Gasteiger partial charge in [0, 0.05) is 6.54 Å². The minimum absolute atomic E-state index is 0.0368. The molecule has 0 aromatic rings. The Morgan fingerprint density at radius 1 is 1.20 bits per heavy atom. The van der Waals surface area contributed by atoms with Crippen molar-refractivity contribution in [1.29, 1.82) is 0 Å². The fourth-order valence-electron chi connectivity index (χ4n) is 4.05. The zero-order chi connectivity index (χ0) is 23.0. The number of primary amides is 1. The molecule has 2 aliphatic rings. The molecule has 11 heteroatoms. The minimum Gasteiger partial charge on any atom is -0.444 e. The molecule has 4 amide bonds. The summed E-state index contributed by atoms with van der Waals surface area (Å²) in [6.45, 7) is 8.01. The summed E-state index contributed by atoms with van der Waals surface area (Å²) in [6.07, 6.45) is -2.34. The Morgan fingerprint density at radius 3 is 2.23 bits per heavy atom. The lowest BCUT2D eigenvalue weighted by atomic mass is 9.83. The van der Waals surface area contributed by atoms with Gasteiger partial charge in [0.05, 0.1) is 18.8 Å². The number of aliphatic hydroxyl groups is 2. The standard InChI is InChI=1S/C19H32N4O7/c1-10(24)12(21-17(29)30-18(3,4)5)15(27)23-8-6-7-19(23)9-22(16(19)28)13(11(2)25)14(20)26/h10-13,24-25H,6-9H2,1-5H3,(H2,20,26)(H,21,29)/t10-,11-,12+,13+,19?/m1/s1. The Morgan fingerprint density at radius 2 is 1.80 bits per heavy atom. The van der Waals surface area contributed by atoms with E-state index in [1.54, 1.807) is 20.8 Å². The van der Waals surface area contributed by atoms with Crippen LogP contribution in [0.25, 0.3) is 0 Å². The summed E-state index contributed by atoms with van der Waals surface area (Å²) >= 11 is 0. The summed E-state index contributed by atoms with van der Waals surface area (Å²) in [4.78, 5) is 52.4. The maximum atomic E-state index is 13.2. The van der Waals surface area contributed by atoms with Gasteiger partial charge in [-0.2, -0.15) is 0 Å². The van der Waals surface area contributed by atoms with Gasteiger partial charge in [-0.3, -0.25) is 14.4 Å². The molecular formula is C19H32N4O7. The average Bonchev–Trinajstić information content (AvgIpc) is 3.02. The second kappa shape index (κ2) is 8.38. The summed E-state index contributed by atoms with van der Waals surface area (Å²) in [6, 6.07) is -2.49. The van der Waals surface area contributed by atoms with Crippen LogP contribution in [-0.2, 0) is 19.1 Å². The fourth-order valence-corrected chi connectivity index (χ4v) is 4.05. The molecule has 2 heterocycles. The maximum absolute atomic E-state index is 13.2. The van der Waals surface area contributed by atoms with Gasteiger partial charge in [0.2, 0.25) is 11.8 Å². The van der Waals surface area contributed by atoms with Crippen molar-refractivity contribution in [2.75, 3.05) is 13.1 Å². The van der Waals surface area contributed by atoms with E-state index < -0.39 is 59.2 Å². The zero-order valence-electron chi connectivity index (χ0n) is 18.0. The predicted octanol–water partition coefficient (Wildman–Crippen LogP) is -1.30. The highest BCUT2D eigenvalue weighted by Crippen LogP contribution is 2.40. The van der Waals surface area contributed by atoms with E-state index in [1.165, 1.54) is 18.7 Å². The van der Waals surface area contributed by atoms with E-state index in [9.17, 15) is 29.4 Å². The van der Waals surface area contributed by atoms with Crippen LogP contribution in [0, 0.1) is 0 Å². The fraction of sp³-hybridized carbons (Fsp3) is 0.789. The van der Waals surface area contributed by atoms with Crippen LogP contribution in [0.5, 0.6) is 0 Å². The molecule has 170 valence electrons. The number of amides is 4. The molecule has 5 N–H and O–H groups in total. The third-order valence-corrected chi connectivity index (χ3v) is 5.35. The molecule has 5 atom stereocenters. The van der Waals surface area contributed by atoms with Crippen LogP contribution in [0.4, 0.5) is 4.79 Å². The van der Waals surface area contributed by atoms with Crippen LogP contribution in [0.1, 0.15) is 47.5 Å². The Labute approximate surface area is 175 Å². The molecule has 1 unspecified atom stereocenters. The minimum atomic E-state index is -1.31. The molecule has 0 bridgehead atoms. The molecule has 0 saturated carbocycles. The number of alkyl carbamates (subject to hydrolysis) is 1. The van der Waals surface area contributed by atoms with Gasteiger partial charge in [-0.25, -0.2) is 4.79 Å². The maximum Gasteiger partial charge on any atom is 0.408 e. The quantitative estimate of drug-likeness (QED) is 0.382. The van der Waals surface area contributed by atoms with Gasteiger partial charge in [-0.15, -0.1) is 0 Å². The van der Waals surface area contributed by atoms with Gasteiger partial charge in [0.25, 0.3) is 5.91 Å². The molecule has 2 aliphatic heterocycles. The number of nitrogens with one attached hydrogen (secondary N) is 1. The number of nitrogens with zero attached hydrogens (tertiary/aromatic N) is 2. The summed E-state index contributed by atoms with van der Waals surface area (Å²) in [5.41, 5.74) is 3.35. The molecule has 0 aromatic heterocycles. The number of ether oxygens (including phenoxy) is 1. The third kappa shape index (κ3) is 4.51. The zero-order valence-corrected chi connectivity index (χ0v) is 18.0. The van der Waals surface area contributed by atoms with E-state index >= 15 is 0 Å². The van der Waals surface area contributed by atoms with Crippen molar-refractivity contribution in [2.45, 2.75) is 82.9 Å². The Kier molecular flexibility index (Phi) is 6.67. The molecule has 0 radical (unpaired) electrons. The normalized spacial score (nSPS) is 25.4. The number of aliphatic hydroxyl groups excluding tert-OH is 2. The van der Waals surface area contributed by atoms with E-state index in [1.807, 2.05) is 0 Å². The number of hydrogen-bond acceptors (Lipinski definition) is 7. The molecule has 0 aromatic carbocycles. The van der Waals surface area contributed by atoms with Crippen molar-refractivity contribution < 1.29 is 34.1 Å². The number of carbonyl (C=O) groups is 4. The van der Waals surface area contributed by atoms with Crippen LogP contribution in [0.3, 0.4) is 0 Å². The number of rotatable bonds is 6. The second-order valence-electron chi connectivity index (χ2n) is 9.01. The number of likely N-dealkylation sites (tertiary alicyclic amines) is 2. The highest BCUT2D eigenvalue weighted by Gasteiger charge is 2.62. The lowest BCUT2D eigenvalue weighted by molar-refractivity contribution is -0.177. The first-order valence-corrected chi connectivity index (χ1v) is 9.99. The van der Waals surface area contributed by atoms with Gasteiger partial charge >= 0.3 is 6.09 Å². The van der Waals surface area contributed by atoms with E-state index in [2.05, 4.69) is 5.32 Å². The molecule has 2 saturated heterocycles. The van der Waals surface area contributed by atoms with Crippen molar-refractivity contribution in [3.8, 4) is 0 Å². The van der Waals surface area contributed by atoms with Crippen molar-refractivity contribution in [2.24, 2.45) is 5.73 Å². The van der Waals surface area contributed by atoms with E-state index in [0.717, 1.165) is 4.90 Å². The molecule has 1 spiro atoms. The summed E-state index contributed by atoms with van der Waals surface area (Å²) in [7, 11) is 0. The highest BCUT2D eigenvalue weighted by atomic mass is 16.6. The first-order chi connectivity index (χ1) is 13.7. The Bertz CT molecular complexity index is 718. The summed E-state index contributed by atoms with van der Waals surface area (Å²) in [5.74, 6) is -1.94. The number of nitrogens with two attached hydrogens (primary N) is 1. The lowest BCUT2D eigenvalue weighted by Gasteiger charge is -2.54. The van der Waals surface area contributed by atoms with Crippen molar-refractivity contribution in [3.05, 3.63) is 0 Å². The van der Waals surface area contributed by atoms with Crippen LogP contribution in [0.2, 0.25) is 0 Å². The lowest BCUT2D eigenvalue weighted by Crippen LogP contribution is -2.78. The van der Waals surface area contributed by atoms with Gasteiger partial charge < -0.3 is 35.8 Å². The van der Waals surface area contributed by atoms with Crippen LogP contribution in [0.15, 0.2) is 0 Å². The molecular weight excluding hydrogens is 396 g/mol. The molecule has 30 heavy (non-hydrogen) atoms. The number of hydrogen-bond donors (Lipinski definition) is 4. The number of carbonyl (C=O) groups excluding carboxylic acids is 4. The smallest absolute Gasteiger partial charge is 0.408 e. The predicted molar refractivity (Wildman–Crippen MR) is 105 cm³/mol. The molecule has 11 nitrogen and oxygen atoms in total. The van der Waals surface area contributed by atoms with Gasteiger partial charge in [0.1, 0.15) is 23.2 Å². The van der Waals surface area contributed by atoms with Crippen molar-refractivity contribution >= 4 is 23.8 Å². The van der Waals surface area contributed by atoms with Crippen molar-refractivity contribution in [3.63, 3.8) is 0 Å². The van der Waals surface area contributed by atoms with E-state index in [-0.39, 0.29) is 13.1 Å². The topological polar surface area (TPSA) is 162 Å². The van der Waals surface area contributed by atoms with Gasteiger partial charge in [-0.05, 0) is 47.5 Å². The molecule has 0 aliphatic carbocycles. The second-order valence-corrected chi connectivity index (χ2v) is 9.01. The Balaban J connectivity index is 2.19. The highest BCUT2D eigenvalue weighted by molar-refractivity contribution is 6.01. The first kappa shape index (κ1) is 23.9. The monoisotopic (exact) mass is 428 g/mol. The molecule has 2 fully saturated rings. The largest absolute Gasteiger partial charge is 0.444 e. The van der Waals surface area contributed by atoms with E-state index in [4.69, 9.17) is 10.5 Å². The van der Waals surface area contributed by atoms with Crippen molar-refractivity contribution in [1.82, 2.24) is 15.1 Å². The first-order valence-electron chi connectivity index (χ1n) is 9.99. The van der Waals surface area contributed by atoms with E-state index in [0.29, 0.717) is 12.8 Å². The van der Waals surface area contributed by atoms with Crippen LogP contribution >= 0.6 is 0 Å². The van der Waals surface area contributed by atoms with Crippen LogP contribution in [-0.4, -0.2) is 92.3 Å². The summed E-state index contributed by atoms with van der Waals surface area (Å²) in [5, 5.41) is 22.3. The van der Waals surface area contributed by atoms with Gasteiger partial charge in [-0.1, -0.05) is 0 Å². The van der Waals surface area contributed by atoms with Crippen LogP contribution < -0.4 is 11.1 Å². The molecule has 2 rings (SSSR count).